The molecule has 0 heterocycles. The Morgan fingerprint density at radius 2 is 2.05 bits per heavy atom. The molecule has 1 atom stereocenters. The molecular formula is C14H19N3O3. The van der Waals surface area contributed by atoms with Crippen molar-refractivity contribution in [2.24, 2.45) is 11.7 Å². The summed E-state index contributed by atoms with van der Waals surface area (Å²) < 4.78 is 0. The second kappa shape index (κ2) is 6.00. The van der Waals surface area contributed by atoms with Crippen molar-refractivity contribution in [1.29, 1.82) is 0 Å². The largest absolute Gasteiger partial charge is 0.341 e. The third-order valence-electron chi connectivity index (χ3n) is 3.80. The summed E-state index contributed by atoms with van der Waals surface area (Å²) in [4.78, 5) is 24.0. The van der Waals surface area contributed by atoms with E-state index in [2.05, 4.69) is 0 Å². The summed E-state index contributed by atoms with van der Waals surface area (Å²) in [5, 5.41) is 10.6. The summed E-state index contributed by atoms with van der Waals surface area (Å²) in [5.41, 5.74) is 6.54. The van der Waals surface area contributed by atoms with Crippen molar-refractivity contribution in [2.75, 3.05) is 13.6 Å². The number of hydrogen-bond donors (Lipinski definition) is 1. The number of carbonyl (C=O) groups is 1. The Balaban J connectivity index is 1.97. The normalized spacial score (nSPS) is 15.7. The van der Waals surface area contributed by atoms with Gasteiger partial charge in [-0.15, -0.1) is 0 Å². The summed E-state index contributed by atoms with van der Waals surface area (Å²) in [7, 11) is 1.78. The first-order chi connectivity index (χ1) is 9.52. The fourth-order valence-electron chi connectivity index (χ4n) is 2.37. The number of rotatable bonds is 6. The Bertz CT molecular complexity index is 497. The number of nitrogens with zero attached hydrogens (tertiary/aromatic N) is 2. The smallest absolute Gasteiger partial charge is 0.269 e. The molecule has 1 unspecified atom stereocenters. The second-order valence-electron chi connectivity index (χ2n) is 5.25. The summed E-state index contributed by atoms with van der Waals surface area (Å²) in [6.07, 6.45) is 2.52. The molecule has 1 fully saturated rings. The Kier molecular flexibility index (Phi) is 4.34. The molecule has 0 aliphatic heterocycles. The van der Waals surface area contributed by atoms with Gasteiger partial charge in [0.1, 0.15) is 0 Å². The Morgan fingerprint density at radius 1 is 1.45 bits per heavy atom. The maximum Gasteiger partial charge on any atom is 0.269 e. The first-order valence-electron chi connectivity index (χ1n) is 6.72. The Morgan fingerprint density at radius 3 is 2.50 bits per heavy atom. The molecule has 108 valence electrons. The number of nitro groups is 1. The molecular weight excluding hydrogens is 258 g/mol. The molecule has 1 aliphatic rings. The number of benzene rings is 1. The number of nitro benzene ring substituents is 1. The molecule has 0 aromatic heterocycles. The van der Waals surface area contributed by atoms with Crippen molar-refractivity contribution < 1.29 is 9.72 Å². The van der Waals surface area contributed by atoms with E-state index in [4.69, 9.17) is 5.73 Å². The minimum Gasteiger partial charge on any atom is -0.341 e. The molecule has 20 heavy (non-hydrogen) atoms. The highest BCUT2D eigenvalue weighted by atomic mass is 16.6. The number of likely N-dealkylation sites (N-methyl/N-ethyl adjacent to an activating group) is 1. The average molecular weight is 277 g/mol. The average Bonchev–Trinajstić information content (AvgIpc) is 3.24. The van der Waals surface area contributed by atoms with Gasteiger partial charge in [0.15, 0.2) is 0 Å². The molecule has 1 aromatic rings. The van der Waals surface area contributed by atoms with E-state index in [0.29, 0.717) is 12.5 Å². The highest BCUT2D eigenvalue weighted by molar-refractivity contribution is 5.79. The molecule has 1 amide bonds. The molecule has 1 aromatic carbocycles. The van der Waals surface area contributed by atoms with E-state index in [-0.39, 0.29) is 24.1 Å². The summed E-state index contributed by atoms with van der Waals surface area (Å²) in [5.74, 6) is 0.534. The lowest BCUT2D eigenvalue weighted by atomic mass is 10.1. The zero-order valence-electron chi connectivity index (χ0n) is 11.5. The minimum absolute atomic E-state index is 0.00111. The van der Waals surface area contributed by atoms with Crippen LogP contribution in [0.5, 0.6) is 0 Å². The van der Waals surface area contributed by atoms with Crippen molar-refractivity contribution in [1.82, 2.24) is 4.90 Å². The third-order valence-corrected chi connectivity index (χ3v) is 3.80. The molecule has 1 saturated carbocycles. The first kappa shape index (κ1) is 14.5. The highest BCUT2D eigenvalue weighted by Gasteiger charge is 2.34. The van der Waals surface area contributed by atoms with Gasteiger partial charge in [0.05, 0.1) is 11.3 Å². The van der Waals surface area contributed by atoms with Crippen LogP contribution in [0.25, 0.3) is 0 Å². The maximum absolute atomic E-state index is 12.2. The van der Waals surface area contributed by atoms with Crippen LogP contribution in [-0.4, -0.2) is 35.4 Å². The molecule has 6 nitrogen and oxygen atoms in total. The third kappa shape index (κ3) is 3.33. The SMILES string of the molecule is CN(C(=O)Cc1ccc([N+](=O)[O-])cc1)C(CN)C1CC1. The van der Waals surface area contributed by atoms with E-state index in [0.717, 1.165) is 18.4 Å². The summed E-state index contributed by atoms with van der Waals surface area (Å²) >= 11 is 0. The van der Waals surface area contributed by atoms with E-state index >= 15 is 0 Å². The fraction of sp³-hybridized carbons (Fsp3) is 0.500. The quantitative estimate of drug-likeness (QED) is 0.627. The molecule has 2 N–H and O–H groups in total. The summed E-state index contributed by atoms with van der Waals surface area (Å²) in [6.45, 7) is 0.479. The Labute approximate surface area is 117 Å². The monoisotopic (exact) mass is 277 g/mol. The molecule has 0 saturated heterocycles. The molecule has 0 radical (unpaired) electrons. The lowest BCUT2D eigenvalue weighted by Crippen LogP contribution is -2.43. The van der Waals surface area contributed by atoms with Gasteiger partial charge in [-0.05, 0) is 24.3 Å². The zero-order valence-corrected chi connectivity index (χ0v) is 11.5. The second-order valence-corrected chi connectivity index (χ2v) is 5.25. The number of non-ortho nitro benzene ring substituents is 1. The predicted molar refractivity (Wildman–Crippen MR) is 75.1 cm³/mol. The van der Waals surface area contributed by atoms with Gasteiger partial charge in [-0.3, -0.25) is 14.9 Å². The Hall–Kier alpha value is -1.95. The van der Waals surface area contributed by atoms with E-state index < -0.39 is 4.92 Å². The van der Waals surface area contributed by atoms with Crippen LogP contribution >= 0.6 is 0 Å². The van der Waals surface area contributed by atoms with Crippen molar-refractivity contribution in [3.8, 4) is 0 Å². The maximum atomic E-state index is 12.2. The molecule has 6 heteroatoms. The number of carbonyl (C=O) groups excluding carboxylic acids is 1. The lowest BCUT2D eigenvalue weighted by Gasteiger charge is -2.27. The van der Waals surface area contributed by atoms with Gasteiger partial charge in [-0.1, -0.05) is 12.1 Å². The summed E-state index contributed by atoms with van der Waals surface area (Å²) in [6, 6.07) is 6.20. The lowest BCUT2D eigenvalue weighted by molar-refractivity contribution is -0.384. The van der Waals surface area contributed by atoms with E-state index in [1.165, 1.54) is 12.1 Å². The van der Waals surface area contributed by atoms with Crippen LogP contribution in [0.4, 0.5) is 5.69 Å². The van der Waals surface area contributed by atoms with Gasteiger partial charge in [-0.2, -0.15) is 0 Å². The van der Waals surface area contributed by atoms with Crippen molar-refractivity contribution in [2.45, 2.75) is 25.3 Å². The molecule has 2 rings (SSSR count). The molecule has 0 spiro atoms. The number of amides is 1. The van der Waals surface area contributed by atoms with Gasteiger partial charge in [0.2, 0.25) is 5.91 Å². The van der Waals surface area contributed by atoms with Gasteiger partial charge < -0.3 is 10.6 Å². The highest BCUT2D eigenvalue weighted by Crippen LogP contribution is 2.34. The molecule has 1 aliphatic carbocycles. The van der Waals surface area contributed by atoms with Crippen LogP contribution in [0, 0.1) is 16.0 Å². The first-order valence-corrected chi connectivity index (χ1v) is 6.72. The molecule has 0 bridgehead atoms. The van der Waals surface area contributed by atoms with Gasteiger partial charge >= 0.3 is 0 Å². The minimum atomic E-state index is -0.449. The zero-order chi connectivity index (χ0) is 14.7. The van der Waals surface area contributed by atoms with Gasteiger partial charge in [-0.25, -0.2) is 0 Å². The van der Waals surface area contributed by atoms with E-state index in [1.807, 2.05) is 0 Å². The van der Waals surface area contributed by atoms with Crippen LogP contribution in [0.3, 0.4) is 0 Å². The van der Waals surface area contributed by atoms with E-state index in [9.17, 15) is 14.9 Å². The van der Waals surface area contributed by atoms with Crippen molar-refractivity contribution in [3.05, 3.63) is 39.9 Å². The van der Waals surface area contributed by atoms with Crippen LogP contribution in [0.2, 0.25) is 0 Å². The van der Waals surface area contributed by atoms with Crippen LogP contribution < -0.4 is 5.73 Å². The van der Waals surface area contributed by atoms with Gasteiger partial charge in [0, 0.05) is 31.8 Å². The van der Waals surface area contributed by atoms with Crippen LogP contribution in [0.1, 0.15) is 18.4 Å². The van der Waals surface area contributed by atoms with Crippen LogP contribution in [0.15, 0.2) is 24.3 Å². The number of nitrogens with two attached hydrogens (primary N) is 1. The van der Waals surface area contributed by atoms with Crippen LogP contribution in [-0.2, 0) is 11.2 Å². The topological polar surface area (TPSA) is 89.5 Å². The standard InChI is InChI=1S/C14H19N3O3/c1-16(13(9-15)11-4-5-11)14(18)8-10-2-6-12(7-3-10)17(19)20/h2-3,6-7,11,13H,4-5,8-9,15H2,1H3. The van der Waals surface area contributed by atoms with E-state index in [1.54, 1.807) is 24.1 Å². The number of hydrogen-bond acceptors (Lipinski definition) is 4. The van der Waals surface area contributed by atoms with Crippen molar-refractivity contribution in [3.63, 3.8) is 0 Å². The van der Waals surface area contributed by atoms with Gasteiger partial charge in [0.25, 0.3) is 5.69 Å². The van der Waals surface area contributed by atoms with Crippen molar-refractivity contribution >= 4 is 11.6 Å². The fourth-order valence-corrected chi connectivity index (χ4v) is 2.37. The predicted octanol–water partition coefficient (Wildman–Crippen LogP) is 1.33.